The lowest BCUT2D eigenvalue weighted by molar-refractivity contribution is -0.144. The van der Waals surface area contributed by atoms with Crippen LogP contribution in [0, 0.1) is 0 Å². The van der Waals surface area contributed by atoms with Crippen LogP contribution in [0.4, 0.5) is 0 Å². The molecule has 4 amide bonds. The fourth-order valence-electron chi connectivity index (χ4n) is 4.06. The number of nitrogens with one attached hydrogen (secondary N) is 5. The molecule has 0 fully saturated rings. The van der Waals surface area contributed by atoms with Crippen molar-refractivity contribution >= 4 is 40.5 Å². The van der Waals surface area contributed by atoms with Crippen LogP contribution in [0.15, 0.2) is 43.0 Å². The first-order valence-electron chi connectivity index (χ1n) is 12.3. The van der Waals surface area contributed by atoms with Crippen LogP contribution in [-0.4, -0.2) is 85.0 Å². The van der Waals surface area contributed by atoms with Crippen molar-refractivity contribution in [2.24, 2.45) is 11.5 Å². The van der Waals surface area contributed by atoms with Gasteiger partial charge in [-0.1, -0.05) is 18.2 Å². The van der Waals surface area contributed by atoms with Crippen molar-refractivity contribution in [3.8, 4) is 0 Å². The van der Waals surface area contributed by atoms with Gasteiger partial charge in [-0.3, -0.25) is 19.2 Å². The maximum absolute atomic E-state index is 13.2. The van der Waals surface area contributed by atoms with E-state index < -0.39 is 66.3 Å². The van der Waals surface area contributed by atoms with Crippen molar-refractivity contribution in [2.45, 2.75) is 56.5 Å². The first-order chi connectivity index (χ1) is 19.0. The molecule has 5 atom stereocenters. The third-order valence-corrected chi connectivity index (χ3v) is 6.15. The number of aliphatic hydroxyl groups is 1. The lowest BCUT2D eigenvalue weighted by atomic mass is 10.0. The molecule has 3 aromatic rings. The van der Waals surface area contributed by atoms with Crippen LogP contribution in [0.25, 0.3) is 10.9 Å². The van der Waals surface area contributed by atoms with Crippen molar-refractivity contribution < 1.29 is 34.2 Å². The van der Waals surface area contributed by atoms with Gasteiger partial charge in [0.05, 0.1) is 24.9 Å². The molecule has 0 spiro atoms. The van der Waals surface area contributed by atoms with E-state index in [9.17, 15) is 34.2 Å². The molecule has 11 N–H and O–H groups in total. The second-order valence-electron chi connectivity index (χ2n) is 9.31. The third kappa shape index (κ3) is 7.87. The van der Waals surface area contributed by atoms with Crippen molar-refractivity contribution in [2.75, 3.05) is 0 Å². The molecule has 0 aliphatic heterocycles. The number of hydrogen-bond donors (Lipinski definition) is 9. The number of aromatic amines is 2. The van der Waals surface area contributed by atoms with Crippen LogP contribution in [0.2, 0.25) is 0 Å². The standard InChI is InChI=1S/C25H32N8O7/c1-12(34)21(24(38)32-19(25(39)40)8-20(27)35)33-23(37)18(7-14-10-28-11-30-14)31-22(36)16(26)6-13-9-29-17-5-3-2-4-15(13)17/h2-5,9-12,16,18-19,21,29,34H,6-8,26H2,1H3,(H2,27,35)(H,28,30)(H,31,36)(H,32,38)(H,33,37)(H,39,40). The molecule has 40 heavy (non-hydrogen) atoms. The predicted molar refractivity (Wildman–Crippen MR) is 141 cm³/mol. The minimum absolute atomic E-state index is 0.0645. The van der Waals surface area contributed by atoms with Crippen molar-refractivity contribution in [1.29, 1.82) is 0 Å². The number of nitrogens with zero attached hydrogens (tertiary/aromatic N) is 1. The summed E-state index contributed by atoms with van der Waals surface area (Å²) in [6.45, 7) is 1.20. The van der Waals surface area contributed by atoms with E-state index in [-0.39, 0.29) is 12.8 Å². The summed E-state index contributed by atoms with van der Waals surface area (Å²) in [5, 5.41) is 27.3. The van der Waals surface area contributed by atoms with Crippen molar-refractivity contribution in [3.63, 3.8) is 0 Å². The maximum atomic E-state index is 13.2. The SMILES string of the molecule is CC(O)C(NC(=O)C(Cc1cnc[nH]1)NC(=O)C(N)Cc1c[nH]c2ccccc12)C(=O)NC(CC(N)=O)C(=O)O. The molecule has 15 nitrogen and oxygen atoms in total. The molecule has 0 radical (unpaired) electrons. The number of nitrogens with two attached hydrogens (primary N) is 2. The average Bonchev–Trinajstić information content (AvgIpc) is 3.55. The summed E-state index contributed by atoms with van der Waals surface area (Å²) >= 11 is 0. The number of aliphatic hydroxyl groups excluding tert-OH is 1. The Morgan fingerprint density at radius 2 is 1.68 bits per heavy atom. The molecule has 15 heteroatoms. The Balaban J connectivity index is 1.73. The lowest BCUT2D eigenvalue weighted by Crippen LogP contribution is -2.60. The normalized spacial score (nSPS) is 14.9. The summed E-state index contributed by atoms with van der Waals surface area (Å²) in [4.78, 5) is 71.4. The van der Waals surface area contributed by atoms with Crippen molar-refractivity contribution in [3.05, 3.63) is 54.2 Å². The number of carbonyl (C=O) groups is 5. The summed E-state index contributed by atoms with van der Waals surface area (Å²) in [5.74, 6) is -5.08. The monoisotopic (exact) mass is 556 g/mol. The van der Waals surface area contributed by atoms with E-state index in [2.05, 4.69) is 30.9 Å². The smallest absolute Gasteiger partial charge is 0.326 e. The zero-order chi connectivity index (χ0) is 29.4. The number of hydrogen-bond acceptors (Lipinski definition) is 8. The number of para-hydroxylation sites is 1. The maximum Gasteiger partial charge on any atom is 0.326 e. The van der Waals surface area contributed by atoms with Crippen LogP contribution in [0.3, 0.4) is 0 Å². The highest BCUT2D eigenvalue weighted by atomic mass is 16.4. The molecule has 2 aromatic heterocycles. The first kappa shape index (κ1) is 29.8. The summed E-state index contributed by atoms with van der Waals surface area (Å²) in [7, 11) is 0. The second kappa shape index (κ2) is 13.3. The number of amides is 4. The zero-order valence-corrected chi connectivity index (χ0v) is 21.6. The summed E-state index contributed by atoms with van der Waals surface area (Å²) < 4.78 is 0. The molecule has 1 aromatic carbocycles. The average molecular weight is 557 g/mol. The van der Waals surface area contributed by atoms with Crippen LogP contribution < -0.4 is 27.4 Å². The highest BCUT2D eigenvalue weighted by molar-refractivity contribution is 5.95. The first-order valence-corrected chi connectivity index (χ1v) is 12.3. The number of rotatable bonds is 14. The molecular formula is C25H32N8O7. The number of primary amides is 1. The topological polar surface area (TPSA) is 258 Å². The summed E-state index contributed by atoms with van der Waals surface area (Å²) in [5.41, 5.74) is 13.4. The van der Waals surface area contributed by atoms with Crippen LogP contribution in [0.1, 0.15) is 24.6 Å². The number of imidazole rings is 1. The highest BCUT2D eigenvalue weighted by Crippen LogP contribution is 2.18. The molecular weight excluding hydrogens is 524 g/mol. The van der Waals surface area contributed by atoms with Crippen LogP contribution in [-0.2, 0) is 36.8 Å². The highest BCUT2D eigenvalue weighted by Gasteiger charge is 2.33. The Morgan fingerprint density at radius 1 is 0.975 bits per heavy atom. The molecule has 0 saturated heterocycles. The van der Waals surface area contributed by atoms with E-state index in [1.807, 2.05) is 24.3 Å². The van der Waals surface area contributed by atoms with Gasteiger partial charge in [-0.25, -0.2) is 9.78 Å². The molecule has 3 rings (SSSR count). The van der Waals surface area contributed by atoms with Gasteiger partial charge in [0.2, 0.25) is 23.6 Å². The van der Waals surface area contributed by atoms with Gasteiger partial charge in [-0.2, -0.15) is 0 Å². The lowest BCUT2D eigenvalue weighted by Gasteiger charge is -2.26. The minimum atomic E-state index is -1.67. The van der Waals surface area contributed by atoms with E-state index in [0.717, 1.165) is 16.5 Å². The van der Waals surface area contributed by atoms with Crippen molar-refractivity contribution in [1.82, 2.24) is 30.9 Å². The van der Waals surface area contributed by atoms with Gasteiger partial charge < -0.3 is 47.6 Å². The minimum Gasteiger partial charge on any atom is -0.480 e. The number of carbonyl (C=O) groups excluding carboxylic acids is 4. The number of H-pyrrole nitrogens is 2. The number of carboxylic acids is 1. The zero-order valence-electron chi connectivity index (χ0n) is 21.6. The van der Waals surface area contributed by atoms with E-state index in [4.69, 9.17) is 11.5 Å². The van der Waals surface area contributed by atoms with Gasteiger partial charge in [0, 0.05) is 35.4 Å². The third-order valence-electron chi connectivity index (χ3n) is 6.15. The molecule has 0 bridgehead atoms. The quantitative estimate of drug-likeness (QED) is 0.104. The Hall–Kier alpha value is -4.76. The largest absolute Gasteiger partial charge is 0.480 e. The number of carboxylic acid groups (broad SMARTS) is 1. The van der Waals surface area contributed by atoms with Gasteiger partial charge in [0.25, 0.3) is 0 Å². The second-order valence-corrected chi connectivity index (χ2v) is 9.31. The Labute approximate surface area is 228 Å². The Kier molecular flexibility index (Phi) is 9.94. The number of benzene rings is 1. The fraction of sp³-hybridized carbons (Fsp3) is 0.360. The van der Waals surface area contributed by atoms with E-state index >= 15 is 0 Å². The van der Waals surface area contributed by atoms with E-state index in [1.165, 1.54) is 19.4 Å². The van der Waals surface area contributed by atoms with Gasteiger partial charge in [0.15, 0.2) is 0 Å². The van der Waals surface area contributed by atoms with Gasteiger partial charge >= 0.3 is 5.97 Å². The molecule has 0 saturated carbocycles. The van der Waals surface area contributed by atoms with E-state index in [0.29, 0.717) is 5.69 Å². The van der Waals surface area contributed by atoms with Gasteiger partial charge in [-0.05, 0) is 25.0 Å². The van der Waals surface area contributed by atoms with Gasteiger partial charge in [0.1, 0.15) is 18.1 Å². The molecule has 2 heterocycles. The number of fused-ring (bicyclic) bond motifs is 1. The summed E-state index contributed by atoms with van der Waals surface area (Å²) in [6.07, 6.45) is 2.51. The van der Waals surface area contributed by atoms with Crippen LogP contribution in [0.5, 0.6) is 0 Å². The molecule has 0 aliphatic carbocycles. The molecule has 5 unspecified atom stereocenters. The molecule has 0 aliphatic rings. The predicted octanol–water partition coefficient (Wildman–Crippen LogP) is -2.20. The Bertz CT molecular complexity index is 1350. The van der Waals surface area contributed by atoms with Crippen LogP contribution >= 0.6 is 0 Å². The number of aromatic nitrogens is 3. The molecule has 214 valence electrons. The Morgan fingerprint density at radius 3 is 2.30 bits per heavy atom. The fourth-order valence-corrected chi connectivity index (χ4v) is 4.06. The van der Waals surface area contributed by atoms with Gasteiger partial charge in [-0.15, -0.1) is 0 Å². The number of aliphatic carboxylic acids is 1. The van der Waals surface area contributed by atoms with E-state index in [1.54, 1.807) is 6.20 Å². The summed E-state index contributed by atoms with van der Waals surface area (Å²) in [6, 6.07) is 1.92.